The fourth-order valence-electron chi connectivity index (χ4n) is 4.96. The maximum absolute atomic E-state index is 10.6. The predicted octanol–water partition coefficient (Wildman–Crippen LogP) is 6.64. The van der Waals surface area contributed by atoms with Crippen LogP contribution < -0.4 is 10.2 Å². The quantitative estimate of drug-likeness (QED) is 0.306. The number of hydrogen-bond acceptors (Lipinski definition) is 3. The van der Waals surface area contributed by atoms with Crippen molar-refractivity contribution in [2.75, 3.05) is 4.90 Å². The van der Waals surface area contributed by atoms with Crippen molar-refractivity contribution in [3.63, 3.8) is 0 Å². The van der Waals surface area contributed by atoms with E-state index in [0.29, 0.717) is 15.8 Å². The minimum Gasteiger partial charge on any atom is -0.506 e. The second-order valence-corrected chi connectivity index (χ2v) is 9.88. The Hall–Kier alpha value is -3.35. The molecule has 0 amide bonds. The predicted molar refractivity (Wildman–Crippen MR) is 146 cm³/mol. The molecular formula is C28H27ClN4OS. The molecule has 2 aromatic heterocycles. The number of halogens is 1. The molecule has 0 saturated carbocycles. The highest BCUT2D eigenvalue weighted by Gasteiger charge is 2.42. The molecule has 3 heterocycles. The van der Waals surface area contributed by atoms with Crippen molar-refractivity contribution in [2.24, 2.45) is 0 Å². The van der Waals surface area contributed by atoms with Gasteiger partial charge in [0, 0.05) is 28.3 Å². The summed E-state index contributed by atoms with van der Waals surface area (Å²) in [6.07, 6.45) is 1.81. The zero-order chi connectivity index (χ0) is 24.9. The Labute approximate surface area is 216 Å². The molecule has 1 aliphatic heterocycles. The van der Waals surface area contributed by atoms with Crippen LogP contribution in [0.3, 0.4) is 0 Å². The SMILES string of the molecule is Cc1ccc(N2C(=S)N[C@H](c3ccccn3)[C@@H]2c2cc(C)n(-c3cc(Cl)ccc3O)c2C)cc1C. The van der Waals surface area contributed by atoms with Gasteiger partial charge in [-0.15, -0.1) is 0 Å². The van der Waals surface area contributed by atoms with Gasteiger partial charge in [0.2, 0.25) is 0 Å². The van der Waals surface area contributed by atoms with Crippen LogP contribution in [-0.2, 0) is 0 Å². The van der Waals surface area contributed by atoms with Gasteiger partial charge in [-0.05, 0) is 105 Å². The molecule has 2 atom stereocenters. The van der Waals surface area contributed by atoms with Crippen LogP contribution in [0.25, 0.3) is 5.69 Å². The number of aryl methyl sites for hydroxylation is 3. The van der Waals surface area contributed by atoms with E-state index in [2.05, 4.69) is 60.2 Å². The van der Waals surface area contributed by atoms with Crippen LogP contribution in [-0.4, -0.2) is 19.8 Å². The van der Waals surface area contributed by atoms with Gasteiger partial charge in [0.15, 0.2) is 5.11 Å². The van der Waals surface area contributed by atoms with Crippen molar-refractivity contribution in [1.82, 2.24) is 14.9 Å². The largest absolute Gasteiger partial charge is 0.506 e. The van der Waals surface area contributed by atoms with Crippen LogP contribution in [0.5, 0.6) is 5.75 Å². The summed E-state index contributed by atoms with van der Waals surface area (Å²) >= 11 is 12.2. The fourth-order valence-corrected chi connectivity index (χ4v) is 5.47. The maximum Gasteiger partial charge on any atom is 0.174 e. The summed E-state index contributed by atoms with van der Waals surface area (Å²) in [6.45, 7) is 8.33. The first kappa shape index (κ1) is 23.4. The second-order valence-electron chi connectivity index (χ2n) is 9.06. The van der Waals surface area contributed by atoms with E-state index in [9.17, 15) is 5.11 Å². The molecule has 5 rings (SSSR count). The van der Waals surface area contributed by atoms with Gasteiger partial charge < -0.3 is 19.9 Å². The topological polar surface area (TPSA) is 53.3 Å². The molecule has 1 saturated heterocycles. The Bertz CT molecular complexity index is 1430. The maximum atomic E-state index is 10.6. The van der Waals surface area contributed by atoms with Crippen molar-refractivity contribution in [3.05, 3.63) is 106 Å². The van der Waals surface area contributed by atoms with Gasteiger partial charge in [0.1, 0.15) is 5.75 Å². The van der Waals surface area contributed by atoms with Crippen molar-refractivity contribution >= 4 is 34.6 Å². The van der Waals surface area contributed by atoms with Gasteiger partial charge >= 0.3 is 0 Å². The summed E-state index contributed by atoms with van der Waals surface area (Å²) in [5, 5.41) is 15.4. The molecular weight excluding hydrogens is 476 g/mol. The Morgan fingerprint density at radius 1 is 0.971 bits per heavy atom. The fraction of sp³-hybridized carbons (Fsp3) is 0.214. The standard InChI is InChI=1S/C28H27ClN4OS/c1-16-8-10-21(13-17(16)2)33-27(26(31-28(33)35)23-7-5-6-12-30-23)22-14-18(3)32(19(22)4)24-15-20(29)9-11-25(24)34/h5-15,26-27,34H,1-4H3,(H,31,35)/t26-,27+/m1/s1. The van der Waals surface area contributed by atoms with Crippen LogP contribution in [0.4, 0.5) is 5.69 Å². The molecule has 1 fully saturated rings. The summed E-state index contributed by atoms with van der Waals surface area (Å²) in [5.41, 5.74) is 8.14. The molecule has 4 aromatic rings. The van der Waals surface area contributed by atoms with Crippen LogP contribution in [0, 0.1) is 27.7 Å². The summed E-state index contributed by atoms with van der Waals surface area (Å²) in [7, 11) is 0. The highest BCUT2D eigenvalue weighted by atomic mass is 35.5. The van der Waals surface area contributed by atoms with E-state index in [1.165, 1.54) is 11.1 Å². The minimum atomic E-state index is -0.146. The second kappa shape index (κ2) is 9.02. The molecule has 5 nitrogen and oxygen atoms in total. The number of phenols is 1. The molecule has 7 heteroatoms. The number of aromatic hydroxyl groups is 1. The zero-order valence-corrected chi connectivity index (χ0v) is 21.7. The van der Waals surface area contributed by atoms with Crippen LogP contribution in [0.1, 0.15) is 45.9 Å². The number of benzene rings is 2. The van der Waals surface area contributed by atoms with Gasteiger partial charge in [0.25, 0.3) is 0 Å². The van der Waals surface area contributed by atoms with E-state index >= 15 is 0 Å². The molecule has 1 aliphatic rings. The van der Waals surface area contributed by atoms with Crippen molar-refractivity contribution < 1.29 is 5.11 Å². The highest BCUT2D eigenvalue weighted by molar-refractivity contribution is 7.80. The molecule has 0 spiro atoms. The lowest BCUT2D eigenvalue weighted by Gasteiger charge is -2.28. The smallest absolute Gasteiger partial charge is 0.174 e. The first-order valence-electron chi connectivity index (χ1n) is 11.5. The number of hydrogen-bond donors (Lipinski definition) is 2. The normalized spacial score (nSPS) is 17.6. The average Bonchev–Trinajstić information content (AvgIpc) is 3.33. The van der Waals surface area contributed by atoms with Crippen molar-refractivity contribution in [2.45, 2.75) is 39.8 Å². The molecule has 0 aliphatic carbocycles. The third-order valence-electron chi connectivity index (χ3n) is 6.83. The Morgan fingerprint density at radius 3 is 2.49 bits per heavy atom. The number of nitrogens with one attached hydrogen (secondary N) is 1. The number of phenolic OH excluding ortho intramolecular Hbond substituents is 1. The van der Waals surface area contributed by atoms with Gasteiger partial charge in [-0.2, -0.15) is 0 Å². The first-order chi connectivity index (χ1) is 16.8. The summed E-state index contributed by atoms with van der Waals surface area (Å²) in [4.78, 5) is 6.85. The van der Waals surface area contributed by atoms with Crippen molar-refractivity contribution in [1.29, 1.82) is 0 Å². The Morgan fingerprint density at radius 2 is 1.77 bits per heavy atom. The molecule has 0 unspecified atom stereocenters. The molecule has 178 valence electrons. The minimum absolute atomic E-state index is 0.138. The third kappa shape index (κ3) is 4.07. The van der Waals surface area contributed by atoms with Crippen LogP contribution >= 0.6 is 23.8 Å². The number of pyridine rings is 1. The zero-order valence-electron chi connectivity index (χ0n) is 20.1. The molecule has 2 aromatic carbocycles. The van der Waals surface area contributed by atoms with Gasteiger partial charge in [-0.1, -0.05) is 23.7 Å². The lowest BCUT2D eigenvalue weighted by atomic mass is 9.96. The van der Waals surface area contributed by atoms with E-state index < -0.39 is 0 Å². The summed E-state index contributed by atoms with van der Waals surface area (Å²) in [5.74, 6) is 0.176. The van der Waals surface area contributed by atoms with E-state index in [0.717, 1.165) is 28.3 Å². The van der Waals surface area contributed by atoms with E-state index in [-0.39, 0.29) is 17.8 Å². The molecule has 2 N–H and O–H groups in total. The Balaban J connectivity index is 1.71. The van der Waals surface area contributed by atoms with Crippen LogP contribution in [0.2, 0.25) is 5.02 Å². The number of nitrogens with zero attached hydrogens (tertiary/aromatic N) is 3. The monoisotopic (exact) mass is 502 g/mol. The lowest BCUT2D eigenvalue weighted by molar-refractivity contribution is 0.471. The van der Waals surface area contributed by atoms with Crippen LogP contribution in [0.15, 0.2) is 66.9 Å². The molecule has 0 bridgehead atoms. The number of aromatic nitrogens is 2. The van der Waals surface area contributed by atoms with E-state index in [1.807, 2.05) is 35.9 Å². The average molecular weight is 503 g/mol. The first-order valence-corrected chi connectivity index (χ1v) is 12.3. The van der Waals surface area contributed by atoms with E-state index in [1.54, 1.807) is 18.2 Å². The number of thiocarbonyl (C=S) groups is 1. The summed E-state index contributed by atoms with van der Waals surface area (Å²) < 4.78 is 2.05. The molecule has 0 radical (unpaired) electrons. The van der Waals surface area contributed by atoms with Crippen molar-refractivity contribution in [3.8, 4) is 11.4 Å². The van der Waals surface area contributed by atoms with Gasteiger partial charge in [0.05, 0.1) is 23.5 Å². The van der Waals surface area contributed by atoms with E-state index in [4.69, 9.17) is 23.8 Å². The number of rotatable bonds is 4. The molecule has 35 heavy (non-hydrogen) atoms. The highest BCUT2D eigenvalue weighted by Crippen LogP contribution is 2.44. The number of anilines is 1. The van der Waals surface area contributed by atoms with Gasteiger partial charge in [-0.3, -0.25) is 4.98 Å². The summed E-state index contributed by atoms with van der Waals surface area (Å²) in [6, 6.07) is 19.4. The third-order valence-corrected chi connectivity index (χ3v) is 7.38. The van der Waals surface area contributed by atoms with Gasteiger partial charge in [-0.25, -0.2) is 0 Å². The lowest BCUT2D eigenvalue weighted by Crippen LogP contribution is -2.29. The Kier molecular flexibility index (Phi) is 6.03.